The van der Waals surface area contributed by atoms with Crippen LogP contribution in [0.5, 0.6) is 0 Å². The molecule has 3 heterocycles. The maximum Gasteiger partial charge on any atom is 0.260 e. The van der Waals surface area contributed by atoms with Gasteiger partial charge in [-0.05, 0) is 43.2 Å². The molecule has 0 fully saturated rings. The van der Waals surface area contributed by atoms with Crippen molar-refractivity contribution in [2.75, 3.05) is 17.2 Å². The number of nitrogen functional groups attached to an aromatic ring is 1. The average Bonchev–Trinajstić information content (AvgIpc) is 3.35. The highest BCUT2D eigenvalue weighted by atomic mass is 19.1. The first-order chi connectivity index (χ1) is 15.8. The van der Waals surface area contributed by atoms with E-state index in [0.29, 0.717) is 39.2 Å². The highest BCUT2D eigenvalue weighted by Crippen LogP contribution is 2.40. The van der Waals surface area contributed by atoms with Gasteiger partial charge >= 0.3 is 0 Å². The van der Waals surface area contributed by atoms with E-state index in [1.807, 2.05) is 0 Å². The molecule has 1 amide bonds. The molecule has 4 aromatic rings. The van der Waals surface area contributed by atoms with Crippen LogP contribution in [-0.2, 0) is 18.3 Å². The number of hydrogen-bond donors (Lipinski definition) is 2. The molecule has 3 N–H and O–H groups in total. The summed E-state index contributed by atoms with van der Waals surface area (Å²) < 4.78 is 31.0. The molecule has 0 saturated carbocycles. The van der Waals surface area contributed by atoms with Crippen LogP contribution >= 0.6 is 0 Å². The van der Waals surface area contributed by atoms with E-state index in [0.717, 1.165) is 6.07 Å². The summed E-state index contributed by atoms with van der Waals surface area (Å²) in [5.74, 6) is -0.859. The number of nitrogens with two attached hydrogens (primary N) is 1. The lowest BCUT2D eigenvalue weighted by Crippen LogP contribution is -2.33. The molecule has 0 unspecified atom stereocenters. The van der Waals surface area contributed by atoms with Gasteiger partial charge in [-0.1, -0.05) is 12.1 Å². The van der Waals surface area contributed by atoms with E-state index in [9.17, 15) is 14.3 Å². The topological polar surface area (TPSA) is 97.3 Å². The number of carbonyl (C=O) groups is 1. The number of aryl methyl sites for hydroxylation is 2. The van der Waals surface area contributed by atoms with Crippen molar-refractivity contribution >= 4 is 28.4 Å². The third kappa shape index (κ3) is 3.32. The number of anilines is 2. The van der Waals surface area contributed by atoms with Crippen LogP contribution in [0.1, 0.15) is 23.1 Å². The summed E-state index contributed by atoms with van der Waals surface area (Å²) in [7, 11) is 1.80. The molecule has 33 heavy (non-hydrogen) atoms. The van der Waals surface area contributed by atoms with Crippen molar-refractivity contribution in [1.29, 1.82) is 0 Å². The standard InChI is InChI=1S/C24H21F2N5O2/c1-12-28-22(27)19-17(11-30(2)23(19)29-12)15-6-7-18-16(20(15)26)8-9-31(18)24(33)21(32)13-4-3-5-14(25)10-13/h3-7,10-11,21,32H,8-9H2,1-2H3,(H2,27,28,29)/t21-/m0/s1. The van der Waals surface area contributed by atoms with Crippen LogP contribution in [0.25, 0.3) is 22.2 Å². The van der Waals surface area contributed by atoms with Crippen LogP contribution < -0.4 is 10.6 Å². The van der Waals surface area contributed by atoms with Crippen molar-refractivity contribution in [1.82, 2.24) is 14.5 Å². The Morgan fingerprint density at radius 2 is 1.97 bits per heavy atom. The van der Waals surface area contributed by atoms with Gasteiger partial charge < -0.3 is 20.3 Å². The smallest absolute Gasteiger partial charge is 0.260 e. The fourth-order valence-electron chi connectivity index (χ4n) is 4.47. The molecule has 1 aliphatic rings. The van der Waals surface area contributed by atoms with Gasteiger partial charge in [-0.3, -0.25) is 4.79 Å². The van der Waals surface area contributed by atoms with Crippen molar-refractivity contribution in [2.24, 2.45) is 7.05 Å². The first-order valence-electron chi connectivity index (χ1n) is 10.4. The highest BCUT2D eigenvalue weighted by molar-refractivity contribution is 6.02. The summed E-state index contributed by atoms with van der Waals surface area (Å²) in [6.45, 7) is 1.95. The zero-order valence-electron chi connectivity index (χ0n) is 18.0. The quantitative estimate of drug-likeness (QED) is 0.500. The van der Waals surface area contributed by atoms with Crippen LogP contribution in [0.3, 0.4) is 0 Å². The number of aliphatic hydroxyl groups is 1. The molecule has 1 aliphatic heterocycles. The molecule has 0 spiro atoms. The van der Waals surface area contributed by atoms with Crippen LogP contribution in [0, 0.1) is 18.6 Å². The van der Waals surface area contributed by atoms with Gasteiger partial charge in [0.15, 0.2) is 6.10 Å². The number of benzene rings is 2. The number of amides is 1. The van der Waals surface area contributed by atoms with Gasteiger partial charge in [-0.25, -0.2) is 18.7 Å². The third-order valence-electron chi connectivity index (χ3n) is 6.01. The lowest BCUT2D eigenvalue weighted by molar-refractivity contribution is -0.126. The molecular formula is C24H21F2N5O2. The zero-order chi connectivity index (χ0) is 23.4. The second kappa shape index (κ2) is 7.63. The van der Waals surface area contributed by atoms with E-state index in [-0.39, 0.29) is 24.3 Å². The van der Waals surface area contributed by atoms with Crippen molar-refractivity contribution in [3.05, 3.63) is 71.2 Å². The molecule has 0 radical (unpaired) electrons. The normalized spacial score (nSPS) is 14.0. The second-order valence-electron chi connectivity index (χ2n) is 8.13. The molecule has 2 aromatic heterocycles. The van der Waals surface area contributed by atoms with Crippen molar-refractivity contribution in [3.63, 3.8) is 0 Å². The highest BCUT2D eigenvalue weighted by Gasteiger charge is 2.33. The van der Waals surface area contributed by atoms with Crippen molar-refractivity contribution < 1.29 is 18.7 Å². The molecule has 7 nitrogen and oxygen atoms in total. The second-order valence-corrected chi connectivity index (χ2v) is 8.13. The summed E-state index contributed by atoms with van der Waals surface area (Å²) in [6.07, 6.45) is 0.491. The predicted molar refractivity (Wildman–Crippen MR) is 120 cm³/mol. The minimum Gasteiger partial charge on any atom is -0.383 e. The maximum absolute atomic E-state index is 15.7. The molecule has 2 aromatic carbocycles. The van der Waals surface area contributed by atoms with Crippen molar-refractivity contribution in [2.45, 2.75) is 19.4 Å². The Morgan fingerprint density at radius 1 is 1.18 bits per heavy atom. The molecule has 0 saturated heterocycles. The summed E-state index contributed by atoms with van der Waals surface area (Å²) in [5.41, 5.74) is 8.54. The Morgan fingerprint density at radius 3 is 2.73 bits per heavy atom. The largest absolute Gasteiger partial charge is 0.383 e. The van der Waals surface area contributed by atoms with Crippen LogP contribution in [0.2, 0.25) is 0 Å². The van der Waals surface area contributed by atoms with Gasteiger partial charge in [0.2, 0.25) is 0 Å². The summed E-state index contributed by atoms with van der Waals surface area (Å²) in [6, 6.07) is 8.48. The fraction of sp³-hybridized carbons (Fsp3) is 0.208. The Kier molecular flexibility index (Phi) is 4.86. The minimum absolute atomic E-state index is 0.145. The number of nitrogens with zero attached hydrogens (tertiary/aromatic N) is 4. The first-order valence-corrected chi connectivity index (χ1v) is 10.4. The number of rotatable bonds is 3. The monoisotopic (exact) mass is 449 g/mol. The molecule has 1 atom stereocenters. The van der Waals surface area contributed by atoms with Gasteiger partial charge in [0.25, 0.3) is 5.91 Å². The van der Waals surface area contributed by atoms with Gasteiger partial charge in [0, 0.05) is 42.2 Å². The van der Waals surface area contributed by atoms with E-state index < -0.39 is 23.6 Å². The average molecular weight is 449 g/mol. The fourth-order valence-corrected chi connectivity index (χ4v) is 4.47. The first kappa shape index (κ1) is 21.0. The Hall–Kier alpha value is -3.85. The summed E-state index contributed by atoms with van der Waals surface area (Å²) in [5, 5.41) is 11.1. The van der Waals surface area contributed by atoms with Gasteiger partial charge in [0.05, 0.1) is 5.39 Å². The molecule has 5 rings (SSSR count). The molecule has 168 valence electrons. The lowest BCUT2D eigenvalue weighted by atomic mass is 10.0. The van der Waals surface area contributed by atoms with E-state index in [1.54, 1.807) is 36.9 Å². The van der Waals surface area contributed by atoms with E-state index in [2.05, 4.69) is 9.97 Å². The van der Waals surface area contributed by atoms with Crippen LogP contribution in [0.4, 0.5) is 20.3 Å². The van der Waals surface area contributed by atoms with E-state index >= 15 is 4.39 Å². The van der Waals surface area contributed by atoms with Crippen LogP contribution in [0.15, 0.2) is 42.6 Å². The Bertz CT molecular complexity index is 1430. The third-order valence-corrected chi connectivity index (χ3v) is 6.01. The molecule has 0 aliphatic carbocycles. The van der Waals surface area contributed by atoms with Gasteiger partial charge in [-0.15, -0.1) is 0 Å². The number of carbonyl (C=O) groups excluding carboxylic acids is 1. The molecular weight excluding hydrogens is 428 g/mol. The van der Waals surface area contributed by atoms with E-state index in [4.69, 9.17) is 5.73 Å². The SMILES string of the molecule is Cc1nc(N)c2c(-c3ccc4c(c3F)CCN4C(=O)[C@@H](O)c3cccc(F)c3)cn(C)c2n1. The Labute approximate surface area is 188 Å². The number of aliphatic hydroxyl groups excluding tert-OH is 1. The van der Waals surface area contributed by atoms with Gasteiger partial charge in [-0.2, -0.15) is 0 Å². The lowest BCUT2D eigenvalue weighted by Gasteiger charge is -2.21. The summed E-state index contributed by atoms with van der Waals surface area (Å²) >= 11 is 0. The minimum atomic E-state index is -1.55. The van der Waals surface area contributed by atoms with E-state index in [1.165, 1.54) is 23.1 Å². The number of fused-ring (bicyclic) bond motifs is 2. The maximum atomic E-state index is 15.7. The number of hydrogen-bond acceptors (Lipinski definition) is 5. The molecule has 9 heteroatoms. The number of aromatic nitrogens is 3. The van der Waals surface area contributed by atoms with Crippen LogP contribution in [-0.4, -0.2) is 32.1 Å². The van der Waals surface area contributed by atoms with Crippen molar-refractivity contribution in [3.8, 4) is 11.1 Å². The zero-order valence-corrected chi connectivity index (χ0v) is 18.0. The Balaban J connectivity index is 1.55. The summed E-state index contributed by atoms with van der Waals surface area (Å²) in [4.78, 5) is 22.9. The predicted octanol–water partition coefficient (Wildman–Crippen LogP) is 3.43. The van der Waals surface area contributed by atoms with Gasteiger partial charge in [0.1, 0.15) is 28.9 Å². The number of halogens is 2. The molecule has 0 bridgehead atoms.